The average Bonchev–Trinajstić information content (AvgIpc) is 2.56. The summed E-state index contributed by atoms with van der Waals surface area (Å²) in [5, 5.41) is 7.95. The van der Waals surface area contributed by atoms with Crippen LogP contribution in [0.4, 0.5) is 25.0 Å². The van der Waals surface area contributed by atoms with Crippen molar-refractivity contribution in [3.8, 4) is 0 Å². The van der Waals surface area contributed by atoms with Crippen molar-refractivity contribution >= 4 is 23.3 Å². The molecule has 0 heterocycles. The largest absolute Gasteiger partial charge is 0.331 e. The van der Waals surface area contributed by atoms with Crippen LogP contribution < -0.4 is 16.0 Å². The van der Waals surface area contributed by atoms with E-state index in [1.54, 1.807) is 45.0 Å². The zero-order valence-electron chi connectivity index (χ0n) is 14.8. The van der Waals surface area contributed by atoms with E-state index in [2.05, 4.69) is 16.0 Å². The molecule has 0 bridgehead atoms. The molecule has 0 saturated carbocycles. The molecule has 0 fully saturated rings. The molecule has 0 aliphatic rings. The monoisotopic (exact) mass is 361 g/mol. The van der Waals surface area contributed by atoms with Crippen molar-refractivity contribution in [2.24, 2.45) is 5.92 Å². The Balaban J connectivity index is 1.94. The van der Waals surface area contributed by atoms with Crippen molar-refractivity contribution < 1.29 is 18.4 Å². The third-order valence-electron chi connectivity index (χ3n) is 3.71. The third-order valence-corrected chi connectivity index (χ3v) is 3.71. The van der Waals surface area contributed by atoms with E-state index in [9.17, 15) is 18.4 Å². The molecule has 26 heavy (non-hydrogen) atoms. The molecular weight excluding hydrogens is 340 g/mol. The Hall–Kier alpha value is -2.96. The smallest absolute Gasteiger partial charge is 0.319 e. The minimum atomic E-state index is -0.719. The molecule has 1 atom stereocenters. The molecule has 0 radical (unpaired) electrons. The van der Waals surface area contributed by atoms with Gasteiger partial charge in [-0.1, -0.05) is 19.9 Å². The van der Waals surface area contributed by atoms with Gasteiger partial charge in [-0.05, 0) is 37.3 Å². The van der Waals surface area contributed by atoms with Gasteiger partial charge < -0.3 is 16.0 Å². The summed E-state index contributed by atoms with van der Waals surface area (Å²) in [4.78, 5) is 23.7. The van der Waals surface area contributed by atoms with Gasteiger partial charge in [0, 0.05) is 28.9 Å². The van der Waals surface area contributed by atoms with Crippen LogP contribution in [0.5, 0.6) is 0 Å². The number of urea groups is 1. The topological polar surface area (TPSA) is 70.2 Å². The second kappa shape index (κ2) is 8.42. The first-order valence-corrected chi connectivity index (χ1v) is 8.19. The maximum absolute atomic E-state index is 13.7. The van der Waals surface area contributed by atoms with Crippen LogP contribution in [0.1, 0.15) is 32.4 Å². The molecular formula is C19H21F2N3O2. The zero-order valence-corrected chi connectivity index (χ0v) is 14.8. The van der Waals surface area contributed by atoms with Crippen molar-refractivity contribution in [2.75, 3.05) is 10.6 Å². The van der Waals surface area contributed by atoms with Crippen LogP contribution in [0.3, 0.4) is 0 Å². The predicted octanol–water partition coefficient (Wildman–Crippen LogP) is 4.44. The van der Waals surface area contributed by atoms with Gasteiger partial charge in [0.1, 0.15) is 11.6 Å². The van der Waals surface area contributed by atoms with E-state index in [-0.39, 0.29) is 17.4 Å². The molecule has 0 saturated heterocycles. The summed E-state index contributed by atoms with van der Waals surface area (Å²) in [7, 11) is 0. The highest BCUT2D eigenvalue weighted by molar-refractivity contribution is 5.93. The van der Waals surface area contributed by atoms with Gasteiger partial charge in [0.05, 0.1) is 6.04 Å². The number of halogens is 2. The normalized spacial score (nSPS) is 11.8. The SMILES string of the molecule is CC(C)C(=O)Nc1ccc(NC(=O)NC(C)c2ccc(F)cc2F)cc1. The summed E-state index contributed by atoms with van der Waals surface area (Å²) in [6, 6.07) is 8.64. The van der Waals surface area contributed by atoms with Crippen molar-refractivity contribution in [3.05, 3.63) is 59.7 Å². The van der Waals surface area contributed by atoms with E-state index in [4.69, 9.17) is 0 Å². The van der Waals surface area contributed by atoms with Gasteiger partial charge in [-0.15, -0.1) is 0 Å². The number of carbonyl (C=O) groups excluding carboxylic acids is 2. The highest BCUT2D eigenvalue weighted by atomic mass is 19.1. The number of rotatable bonds is 5. The summed E-state index contributed by atoms with van der Waals surface area (Å²) in [6.45, 7) is 5.18. The lowest BCUT2D eigenvalue weighted by Gasteiger charge is -2.16. The molecule has 7 heteroatoms. The van der Waals surface area contributed by atoms with Gasteiger partial charge in [0.2, 0.25) is 5.91 Å². The van der Waals surface area contributed by atoms with Crippen molar-refractivity contribution in [3.63, 3.8) is 0 Å². The number of carbonyl (C=O) groups is 2. The maximum Gasteiger partial charge on any atom is 0.319 e. The number of hydrogen-bond acceptors (Lipinski definition) is 2. The van der Waals surface area contributed by atoms with Gasteiger partial charge >= 0.3 is 6.03 Å². The van der Waals surface area contributed by atoms with Crippen LogP contribution in [0.15, 0.2) is 42.5 Å². The third kappa shape index (κ3) is 5.27. The lowest BCUT2D eigenvalue weighted by Crippen LogP contribution is -2.31. The molecule has 0 spiro atoms. The summed E-state index contributed by atoms with van der Waals surface area (Å²) in [6.07, 6.45) is 0. The first-order chi connectivity index (χ1) is 12.3. The Kier molecular flexibility index (Phi) is 6.27. The fraction of sp³-hybridized carbons (Fsp3) is 0.263. The number of anilines is 2. The van der Waals surface area contributed by atoms with E-state index in [1.807, 2.05) is 0 Å². The summed E-state index contributed by atoms with van der Waals surface area (Å²) in [5.74, 6) is -1.62. The van der Waals surface area contributed by atoms with Gasteiger partial charge in [0.25, 0.3) is 0 Å². The molecule has 2 aromatic carbocycles. The first-order valence-electron chi connectivity index (χ1n) is 8.19. The van der Waals surface area contributed by atoms with Crippen molar-refractivity contribution in [1.82, 2.24) is 5.32 Å². The van der Waals surface area contributed by atoms with Crippen LogP contribution in [0.2, 0.25) is 0 Å². The Morgan fingerprint density at radius 3 is 2.00 bits per heavy atom. The van der Waals surface area contributed by atoms with Crippen LogP contribution in [0, 0.1) is 17.6 Å². The molecule has 2 rings (SSSR count). The quantitative estimate of drug-likeness (QED) is 0.737. The highest BCUT2D eigenvalue weighted by Crippen LogP contribution is 2.18. The number of nitrogens with one attached hydrogen (secondary N) is 3. The molecule has 1 unspecified atom stereocenters. The van der Waals surface area contributed by atoms with E-state index < -0.39 is 23.7 Å². The van der Waals surface area contributed by atoms with Crippen molar-refractivity contribution in [2.45, 2.75) is 26.8 Å². The zero-order chi connectivity index (χ0) is 19.3. The van der Waals surface area contributed by atoms with E-state index in [0.29, 0.717) is 11.4 Å². The Bertz CT molecular complexity index is 792. The molecule has 5 nitrogen and oxygen atoms in total. The van der Waals surface area contributed by atoms with E-state index in [1.165, 1.54) is 6.07 Å². The average molecular weight is 361 g/mol. The summed E-state index contributed by atoms with van der Waals surface area (Å²) < 4.78 is 26.7. The van der Waals surface area contributed by atoms with Gasteiger partial charge in [-0.3, -0.25) is 4.79 Å². The lowest BCUT2D eigenvalue weighted by molar-refractivity contribution is -0.118. The van der Waals surface area contributed by atoms with Gasteiger partial charge in [-0.25, -0.2) is 13.6 Å². The van der Waals surface area contributed by atoms with Crippen LogP contribution >= 0.6 is 0 Å². The second-order valence-electron chi connectivity index (χ2n) is 6.21. The van der Waals surface area contributed by atoms with E-state index >= 15 is 0 Å². The second-order valence-corrected chi connectivity index (χ2v) is 6.21. The number of benzene rings is 2. The number of amides is 3. The Morgan fingerprint density at radius 1 is 0.885 bits per heavy atom. The fourth-order valence-corrected chi connectivity index (χ4v) is 2.22. The first kappa shape index (κ1) is 19.4. The van der Waals surface area contributed by atoms with E-state index in [0.717, 1.165) is 12.1 Å². The summed E-state index contributed by atoms with van der Waals surface area (Å²) >= 11 is 0. The molecule has 3 amide bonds. The van der Waals surface area contributed by atoms with Gasteiger partial charge in [0.15, 0.2) is 0 Å². The maximum atomic E-state index is 13.7. The molecule has 0 aliphatic carbocycles. The highest BCUT2D eigenvalue weighted by Gasteiger charge is 2.14. The van der Waals surface area contributed by atoms with Crippen LogP contribution in [-0.2, 0) is 4.79 Å². The molecule has 3 N–H and O–H groups in total. The lowest BCUT2D eigenvalue weighted by atomic mass is 10.1. The molecule has 2 aromatic rings. The van der Waals surface area contributed by atoms with Crippen molar-refractivity contribution in [1.29, 1.82) is 0 Å². The molecule has 138 valence electrons. The summed E-state index contributed by atoms with van der Waals surface area (Å²) in [5.41, 5.74) is 1.32. The van der Waals surface area contributed by atoms with Crippen LogP contribution in [-0.4, -0.2) is 11.9 Å². The Morgan fingerprint density at radius 2 is 1.46 bits per heavy atom. The standard InChI is InChI=1S/C19H21F2N3O2/c1-11(2)18(25)23-14-5-7-15(8-6-14)24-19(26)22-12(3)16-9-4-13(20)10-17(16)21/h4-12H,1-3H3,(H,23,25)(H2,22,24,26). The number of hydrogen-bond donors (Lipinski definition) is 3. The van der Waals surface area contributed by atoms with Crippen LogP contribution in [0.25, 0.3) is 0 Å². The Labute approximate surface area is 150 Å². The molecule has 0 aliphatic heterocycles. The van der Waals surface area contributed by atoms with Gasteiger partial charge in [-0.2, -0.15) is 0 Å². The fourth-order valence-electron chi connectivity index (χ4n) is 2.22. The minimum absolute atomic E-state index is 0.0985. The minimum Gasteiger partial charge on any atom is -0.331 e. The predicted molar refractivity (Wildman–Crippen MR) is 96.8 cm³/mol. The molecule has 0 aromatic heterocycles.